The molecule has 0 saturated heterocycles. The molecule has 94 valence electrons. The van der Waals surface area contributed by atoms with Crippen LogP contribution >= 0.6 is 0 Å². The third kappa shape index (κ3) is 4.03. The van der Waals surface area contributed by atoms with Gasteiger partial charge in [0.25, 0.3) is 5.69 Å². The van der Waals surface area contributed by atoms with Crippen LogP contribution in [0.2, 0.25) is 0 Å². The number of methoxy groups -OCH3 is 1. The molecule has 0 aliphatic rings. The molecular weight excluding hydrogens is 220 g/mol. The summed E-state index contributed by atoms with van der Waals surface area (Å²) in [5.41, 5.74) is 6.33. The second-order valence-corrected chi connectivity index (χ2v) is 4.74. The highest BCUT2D eigenvalue weighted by Crippen LogP contribution is 2.26. The molecule has 0 heterocycles. The Morgan fingerprint density at radius 3 is 2.59 bits per heavy atom. The standard InChI is InChI=1S/C12H18N2O3/c1-12(2,13)7-6-9-4-5-10(17-3)8-11(9)14(15)16/h4-5,8H,6-7,13H2,1-3H3. The zero-order valence-electron chi connectivity index (χ0n) is 10.4. The molecule has 0 saturated carbocycles. The number of benzene rings is 1. The van der Waals surface area contributed by atoms with E-state index in [4.69, 9.17) is 10.5 Å². The first-order valence-electron chi connectivity index (χ1n) is 5.43. The Hall–Kier alpha value is -1.62. The summed E-state index contributed by atoms with van der Waals surface area (Å²) >= 11 is 0. The highest BCUT2D eigenvalue weighted by atomic mass is 16.6. The van der Waals surface area contributed by atoms with Crippen LogP contribution in [-0.2, 0) is 6.42 Å². The fraction of sp³-hybridized carbons (Fsp3) is 0.500. The third-order valence-corrected chi connectivity index (χ3v) is 2.53. The van der Waals surface area contributed by atoms with E-state index in [1.807, 2.05) is 13.8 Å². The van der Waals surface area contributed by atoms with E-state index in [0.717, 1.165) is 0 Å². The minimum Gasteiger partial charge on any atom is -0.497 e. The summed E-state index contributed by atoms with van der Waals surface area (Å²) in [4.78, 5) is 10.5. The van der Waals surface area contributed by atoms with Crippen LogP contribution in [0.4, 0.5) is 5.69 Å². The third-order valence-electron chi connectivity index (χ3n) is 2.53. The monoisotopic (exact) mass is 238 g/mol. The lowest BCUT2D eigenvalue weighted by atomic mass is 9.96. The van der Waals surface area contributed by atoms with Gasteiger partial charge >= 0.3 is 0 Å². The Kier molecular flexibility index (Phi) is 4.07. The molecule has 1 aromatic carbocycles. The molecule has 0 aliphatic heterocycles. The summed E-state index contributed by atoms with van der Waals surface area (Å²) in [6, 6.07) is 4.90. The predicted octanol–water partition coefficient (Wildman–Crippen LogP) is 2.27. The first-order chi connectivity index (χ1) is 7.83. The summed E-state index contributed by atoms with van der Waals surface area (Å²) in [6.45, 7) is 3.81. The van der Waals surface area contributed by atoms with E-state index in [1.54, 1.807) is 12.1 Å². The van der Waals surface area contributed by atoms with Gasteiger partial charge in [0.15, 0.2) is 0 Å². The molecule has 0 aromatic heterocycles. The van der Waals surface area contributed by atoms with Gasteiger partial charge in [-0.2, -0.15) is 0 Å². The van der Waals surface area contributed by atoms with Crippen molar-refractivity contribution in [3.8, 4) is 5.75 Å². The van der Waals surface area contributed by atoms with Crippen molar-refractivity contribution < 1.29 is 9.66 Å². The first-order valence-corrected chi connectivity index (χ1v) is 5.43. The van der Waals surface area contributed by atoms with Crippen molar-refractivity contribution in [2.24, 2.45) is 5.73 Å². The number of ether oxygens (including phenoxy) is 1. The minimum atomic E-state index is -0.388. The van der Waals surface area contributed by atoms with E-state index in [0.29, 0.717) is 24.2 Å². The molecule has 0 amide bonds. The number of nitro benzene ring substituents is 1. The zero-order chi connectivity index (χ0) is 13.1. The Labute approximate surface area is 101 Å². The van der Waals surface area contributed by atoms with Crippen LogP contribution in [0, 0.1) is 10.1 Å². The Balaban J connectivity index is 2.95. The second-order valence-electron chi connectivity index (χ2n) is 4.74. The van der Waals surface area contributed by atoms with Crippen molar-refractivity contribution in [3.63, 3.8) is 0 Å². The minimum absolute atomic E-state index is 0.0913. The van der Waals surface area contributed by atoms with Gasteiger partial charge in [-0.15, -0.1) is 0 Å². The van der Waals surface area contributed by atoms with Crippen LogP contribution in [0.3, 0.4) is 0 Å². The molecule has 0 bridgehead atoms. The number of hydrogen-bond donors (Lipinski definition) is 1. The van der Waals surface area contributed by atoms with Crippen molar-refractivity contribution >= 4 is 5.69 Å². The fourth-order valence-corrected chi connectivity index (χ4v) is 1.51. The van der Waals surface area contributed by atoms with Gasteiger partial charge in [-0.05, 0) is 38.8 Å². The molecule has 5 nitrogen and oxygen atoms in total. The van der Waals surface area contributed by atoms with Crippen molar-refractivity contribution in [2.75, 3.05) is 7.11 Å². The highest BCUT2D eigenvalue weighted by molar-refractivity contribution is 5.46. The fourth-order valence-electron chi connectivity index (χ4n) is 1.51. The second kappa shape index (κ2) is 5.14. The van der Waals surface area contributed by atoms with Gasteiger partial charge in [-0.1, -0.05) is 0 Å². The molecule has 5 heteroatoms. The highest BCUT2D eigenvalue weighted by Gasteiger charge is 2.18. The van der Waals surface area contributed by atoms with Crippen LogP contribution < -0.4 is 10.5 Å². The van der Waals surface area contributed by atoms with Crippen LogP contribution in [0.1, 0.15) is 25.8 Å². The van der Waals surface area contributed by atoms with Gasteiger partial charge in [0, 0.05) is 11.1 Å². The molecule has 0 radical (unpaired) electrons. The van der Waals surface area contributed by atoms with E-state index in [2.05, 4.69) is 0 Å². The SMILES string of the molecule is COc1ccc(CCC(C)(C)N)c([N+](=O)[O-])c1. The summed E-state index contributed by atoms with van der Waals surface area (Å²) < 4.78 is 4.98. The predicted molar refractivity (Wildman–Crippen MR) is 66.2 cm³/mol. The van der Waals surface area contributed by atoms with Crippen LogP contribution in [0.15, 0.2) is 18.2 Å². The van der Waals surface area contributed by atoms with Gasteiger partial charge in [-0.25, -0.2) is 0 Å². The van der Waals surface area contributed by atoms with Gasteiger partial charge in [0.2, 0.25) is 0 Å². The topological polar surface area (TPSA) is 78.4 Å². The molecule has 2 N–H and O–H groups in total. The van der Waals surface area contributed by atoms with E-state index in [9.17, 15) is 10.1 Å². The Morgan fingerprint density at radius 1 is 1.47 bits per heavy atom. The number of nitrogens with two attached hydrogens (primary N) is 1. The molecule has 17 heavy (non-hydrogen) atoms. The van der Waals surface area contributed by atoms with Gasteiger partial charge in [0.05, 0.1) is 18.1 Å². The summed E-state index contributed by atoms with van der Waals surface area (Å²) in [7, 11) is 1.49. The van der Waals surface area contributed by atoms with Crippen molar-refractivity contribution in [3.05, 3.63) is 33.9 Å². The number of hydrogen-bond acceptors (Lipinski definition) is 4. The maximum Gasteiger partial charge on any atom is 0.276 e. The number of aryl methyl sites for hydroxylation is 1. The summed E-state index contributed by atoms with van der Waals surface area (Å²) in [5.74, 6) is 0.493. The molecule has 0 atom stereocenters. The molecule has 0 fully saturated rings. The van der Waals surface area contributed by atoms with Crippen LogP contribution in [-0.4, -0.2) is 17.6 Å². The maximum absolute atomic E-state index is 10.9. The summed E-state index contributed by atoms with van der Waals surface area (Å²) in [5, 5.41) is 10.9. The van der Waals surface area contributed by atoms with Gasteiger partial charge in [0.1, 0.15) is 5.75 Å². The number of nitro groups is 1. The largest absolute Gasteiger partial charge is 0.497 e. The molecular formula is C12H18N2O3. The normalized spacial score (nSPS) is 11.3. The van der Waals surface area contributed by atoms with Crippen molar-refractivity contribution in [1.29, 1.82) is 0 Å². The molecule has 1 aromatic rings. The smallest absolute Gasteiger partial charge is 0.276 e. The van der Waals surface area contributed by atoms with Gasteiger partial charge in [-0.3, -0.25) is 10.1 Å². The van der Waals surface area contributed by atoms with E-state index in [-0.39, 0.29) is 16.1 Å². The molecule has 0 spiro atoms. The Morgan fingerprint density at radius 2 is 2.12 bits per heavy atom. The lowest BCUT2D eigenvalue weighted by Crippen LogP contribution is -2.32. The lowest BCUT2D eigenvalue weighted by molar-refractivity contribution is -0.385. The Bertz CT molecular complexity index is 411. The van der Waals surface area contributed by atoms with E-state index in [1.165, 1.54) is 13.2 Å². The average Bonchev–Trinajstić information content (AvgIpc) is 2.25. The van der Waals surface area contributed by atoms with Gasteiger partial charge < -0.3 is 10.5 Å². The molecule has 0 aliphatic carbocycles. The van der Waals surface area contributed by atoms with Crippen molar-refractivity contribution in [1.82, 2.24) is 0 Å². The first kappa shape index (κ1) is 13.4. The summed E-state index contributed by atoms with van der Waals surface area (Å²) in [6.07, 6.45) is 1.28. The maximum atomic E-state index is 10.9. The zero-order valence-corrected chi connectivity index (χ0v) is 10.4. The van der Waals surface area contributed by atoms with Crippen molar-refractivity contribution in [2.45, 2.75) is 32.2 Å². The molecule has 1 rings (SSSR count). The average molecular weight is 238 g/mol. The van der Waals surface area contributed by atoms with Crippen LogP contribution in [0.5, 0.6) is 5.75 Å². The number of nitrogens with zero attached hydrogens (tertiary/aromatic N) is 1. The number of rotatable bonds is 5. The van der Waals surface area contributed by atoms with E-state index < -0.39 is 0 Å². The van der Waals surface area contributed by atoms with E-state index >= 15 is 0 Å². The quantitative estimate of drug-likeness (QED) is 0.630. The lowest BCUT2D eigenvalue weighted by Gasteiger charge is -2.18. The van der Waals surface area contributed by atoms with Crippen LogP contribution in [0.25, 0.3) is 0 Å². The molecule has 0 unspecified atom stereocenters.